The third-order valence-corrected chi connectivity index (χ3v) is 4.93. The van der Waals surface area contributed by atoms with Gasteiger partial charge in [0, 0.05) is 19.0 Å². The van der Waals surface area contributed by atoms with Gasteiger partial charge in [-0.1, -0.05) is 23.9 Å². The maximum absolute atomic E-state index is 12.3. The van der Waals surface area contributed by atoms with Crippen molar-refractivity contribution < 1.29 is 13.9 Å². The van der Waals surface area contributed by atoms with Crippen LogP contribution in [0.1, 0.15) is 23.0 Å². The standard InChI is InChI=1S/C18H17N7O3S/c1-3-27-15(26)11-8-19-16(21-13(11)9-29-18-24-20-10-25(18)2)23-17-22-12-6-4-5-7-14(12)28-17/h4-8,10H,3,9H2,1-2H3,(H,19,21,22,23). The Bertz CT molecular complexity index is 1120. The molecule has 0 fully saturated rings. The van der Waals surface area contributed by atoms with Crippen molar-refractivity contribution in [3.63, 3.8) is 0 Å². The van der Waals surface area contributed by atoms with Gasteiger partial charge >= 0.3 is 12.0 Å². The Labute approximate surface area is 169 Å². The van der Waals surface area contributed by atoms with Crippen LogP contribution >= 0.6 is 11.8 Å². The first-order chi connectivity index (χ1) is 14.1. The number of hydrogen-bond donors (Lipinski definition) is 1. The first-order valence-corrected chi connectivity index (χ1v) is 9.75. The Morgan fingerprint density at radius 3 is 2.93 bits per heavy atom. The molecule has 0 aliphatic rings. The van der Waals surface area contributed by atoms with Gasteiger partial charge in [0.1, 0.15) is 17.4 Å². The van der Waals surface area contributed by atoms with Crippen LogP contribution in [0.4, 0.5) is 12.0 Å². The minimum atomic E-state index is -0.477. The van der Waals surface area contributed by atoms with Gasteiger partial charge in [-0.3, -0.25) is 5.32 Å². The molecule has 0 aliphatic carbocycles. The van der Waals surface area contributed by atoms with Crippen LogP contribution in [0.15, 0.2) is 46.4 Å². The zero-order chi connectivity index (χ0) is 20.2. The molecule has 3 aromatic heterocycles. The topological polar surface area (TPSA) is 121 Å². The molecule has 0 radical (unpaired) electrons. The fraction of sp³-hybridized carbons (Fsp3) is 0.222. The van der Waals surface area contributed by atoms with E-state index >= 15 is 0 Å². The molecule has 0 bridgehead atoms. The highest BCUT2D eigenvalue weighted by Gasteiger charge is 2.18. The predicted octanol–water partition coefficient (Wildman–Crippen LogP) is 2.96. The Morgan fingerprint density at radius 1 is 1.31 bits per heavy atom. The van der Waals surface area contributed by atoms with Crippen LogP contribution in [0.5, 0.6) is 0 Å². The minimum Gasteiger partial charge on any atom is -0.462 e. The number of rotatable bonds is 7. The summed E-state index contributed by atoms with van der Waals surface area (Å²) in [6, 6.07) is 7.67. The number of para-hydroxylation sites is 2. The number of ether oxygens (including phenoxy) is 1. The molecule has 0 spiro atoms. The van der Waals surface area contributed by atoms with E-state index in [-0.39, 0.29) is 18.6 Å². The van der Waals surface area contributed by atoms with Crippen LogP contribution in [0.3, 0.4) is 0 Å². The maximum Gasteiger partial charge on any atom is 0.341 e. The van der Waals surface area contributed by atoms with E-state index in [1.54, 1.807) is 17.8 Å². The third kappa shape index (κ3) is 4.19. The molecule has 0 unspecified atom stereocenters. The van der Waals surface area contributed by atoms with E-state index < -0.39 is 5.97 Å². The number of anilines is 2. The van der Waals surface area contributed by atoms with Gasteiger partial charge in [-0.2, -0.15) is 4.98 Å². The number of esters is 1. The highest BCUT2D eigenvalue weighted by atomic mass is 32.2. The summed E-state index contributed by atoms with van der Waals surface area (Å²) in [5.41, 5.74) is 2.17. The number of carbonyl (C=O) groups excluding carboxylic acids is 1. The number of thioether (sulfide) groups is 1. The number of hydrogen-bond acceptors (Lipinski definition) is 10. The third-order valence-electron chi connectivity index (χ3n) is 3.88. The molecule has 0 atom stereocenters. The molecule has 1 aromatic carbocycles. The van der Waals surface area contributed by atoms with Crippen LogP contribution < -0.4 is 5.32 Å². The van der Waals surface area contributed by atoms with Crippen LogP contribution in [0, 0.1) is 0 Å². The molecule has 11 heteroatoms. The molecular formula is C18H17N7O3S. The average molecular weight is 411 g/mol. The molecule has 0 aliphatic heterocycles. The van der Waals surface area contributed by atoms with Crippen molar-refractivity contribution in [2.75, 3.05) is 11.9 Å². The first kappa shape index (κ1) is 18.9. The fourth-order valence-corrected chi connectivity index (χ4v) is 3.37. The molecule has 10 nitrogen and oxygen atoms in total. The van der Waals surface area contributed by atoms with E-state index in [1.165, 1.54) is 18.0 Å². The normalized spacial score (nSPS) is 11.0. The van der Waals surface area contributed by atoms with E-state index in [2.05, 4.69) is 30.5 Å². The summed E-state index contributed by atoms with van der Waals surface area (Å²) in [7, 11) is 1.84. The molecule has 148 valence electrons. The summed E-state index contributed by atoms with van der Waals surface area (Å²) in [6.07, 6.45) is 3.04. The van der Waals surface area contributed by atoms with Crippen LogP contribution in [-0.2, 0) is 17.5 Å². The van der Waals surface area contributed by atoms with Gasteiger partial charge < -0.3 is 13.7 Å². The molecule has 1 N–H and O–H groups in total. The molecular weight excluding hydrogens is 394 g/mol. The summed E-state index contributed by atoms with van der Waals surface area (Å²) in [5.74, 6) is 0.165. The van der Waals surface area contributed by atoms with Crippen molar-refractivity contribution in [1.29, 1.82) is 0 Å². The van der Waals surface area contributed by atoms with Gasteiger partial charge in [0.15, 0.2) is 10.7 Å². The second kappa shape index (κ2) is 8.27. The van der Waals surface area contributed by atoms with Crippen LogP contribution in [0.25, 0.3) is 11.1 Å². The molecule has 4 rings (SSSR count). The number of fused-ring (bicyclic) bond motifs is 1. The zero-order valence-corrected chi connectivity index (χ0v) is 16.5. The number of carbonyl (C=O) groups is 1. The number of aryl methyl sites for hydroxylation is 1. The van der Waals surface area contributed by atoms with E-state index in [0.29, 0.717) is 27.7 Å². The molecule has 0 saturated carbocycles. The Morgan fingerprint density at radius 2 is 2.17 bits per heavy atom. The summed E-state index contributed by atoms with van der Waals surface area (Å²) in [5, 5.41) is 11.5. The Balaban J connectivity index is 1.60. The van der Waals surface area contributed by atoms with E-state index in [0.717, 1.165) is 5.52 Å². The van der Waals surface area contributed by atoms with Crippen LogP contribution in [-0.4, -0.2) is 42.3 Å². The Kier molecular flexibility index (Phi) is 5.38. The molecule has 3 heterocycles. The van der Waals surface area contributed by atoms with Crippen molar-refractivity contribution in [2.24, 2.45) is 7.05 Å². The molecule has 29 heavy (non-hydrogen) atoms. The predicted molar refractivity (Wildman–Crippen MR) is 106 cm³/mol. The maximum atomic E-state index is 12.3. The molecule has 4 aromatic rings. The number of nitrogens with one attached hydrogen (secondary N) is 1. The van der Waals surface area contributed by atoms with Crippen molar-refractivity contribution in [3.05, 3.63) is 48.0 Å². The quantitative estimate of drug-likeness (QED) is 0.359. The van der Waals surface area contributed by atoms with E-state index in [1.807, 2.05) is 31.3 Å². The summed E-state index contributed by atoms with van der Waals surface area (Å²) in [4.78, 5) is 25.3. The van der Waals surface area contributed by atoms with Gasteiger partial charge in [-0.05, 0) is 19.1 Å². The van der Waals surface area contributed by atoms with E-state index in [4.69, 9.17) is 9.15 Å². The van der Waals surface area contributed by atoms with E-state index in [9.17, 15) is 4.79 Å². The van der Waals surface area contributed by atoms with Gasteiger partial charge in [-0.25, -0.2) is 14.8 Å². The second-order valence-corrected chi connectivity index (χ2v) is 6.84. The number of oxazole rings is 1. The smallest absolute Gasteiger partial charge is 0.341 e. The van der Waals surface area contributed by atoms with Crippen molar-refractivity contribution >= 4 is 40.8 Å². The monoisotopic (exact) mass is 411 g/mol. The summed E-state index contributed by atoms with van der Waals surface area (Å²) < 4.78 is 12.5. The number of nitrogens with zero attached hydrogens (tertiary/aromatic N) is 6. The second-order valence-electron chi connectivity index (χ2n) is 5.90. The summed E-state index contributed by atoms with van der Waals surface area (Å²) >= 11 is 1.40. The fourth-order valence-electron chi connectivity index (χ4n) is 2.52. The summed E-state index contributed by atoms with van der Waals surface area (Å²) in [6.45, 7) is 2.01. The van der Waals surface area contributed by atoms with Gasteiger partial charge in [0.25, 0.3) is 0 Å². The van der Waals surface area contributed by atoms with Gasteiger partial charge in [0.05, 0.1) is 12.3 Å². The zero-order valence-electron chi connectivity index (χ0n) is 15.7. The lowest BCUT2D eigenvalue weighted by atomic mass is 10.2. The minimum absolute atomic E-state index is 0.262. The van der Waals surface area contributed by atoms with Crippen molar-refractivity contribution in [3.8, 4) is 0 Å². The van der Waals surface area contributed by atoms with Gasteiger partial charge in [-0.15, -0.1) is 10.2 Å². The van der Waals surface area contributed by atoms with Gasteiger partial charge in [0.2, 0.25) is 5.95 Å². The lowest BCUT2D eigenvalue weighted by molar-refractivity contribution is 0.0524. The highest BCUT2D eigenvalue weighted by molar-refractivity contribution is 7.98. The van der Waals surface area contributed by atoms with Crippen LogP contribution in [0.2, 0.25) is 0 Å². The average Bonchev–Trinajstić information content (AvgIpc) is 3.31. The Hall–Kier alpha value is -3.47. The lowest BCUT2D eigenvalue weighted by Crippen LogP contribution is -2.12. The lowest BCUT2D eigenvalue weighted by Gasteiger charge is -2.09. The van der Waals surface area contributed by atoms with Crippen molar-refractivity contribution in [1.82, 2.24) is 29.7 Å². The molecule has 0 amide bonds. The largest absolute Gasteiger partial charge is 0.462 e. The SMILES string of the molecule is CCOC(=O)c1cnc(Nc2nc3ccccc3o2)nc1CSc1nncn1C. The molecule has 0 saturated heterocycles. The number of benzene rings is 1. The highest BCUT2D eigenvalue weighted by Crippen LogP contribution is 2.24. The number of aromatic nitrogens is 6. The first-order valence-electron chi connectivity index (χ1n) is 8.76. The van der Waals surface area contributed by atoms with Crippen molar-refractivity contribution in [2.45, 2.75) is 17.8 Å².